The SMILES string of the molecule is CC(C)[C@H]1CC[C@@H](C)CCO1. The molecule has 1 nitrogen and oxygen atoms in total. The van der Waals surface area contributed by atoms with E-state index in [1.54, 1.807) is 0 Å². The first kappa shape index (κ1) is 9.05. The van der Waals surface area contributed by atoms with E-state index in [0.717, 1.165) is 12.5 Å². The van der Waals surface area contributed by atoms with Crippen LogP contribution in [-0.4, -0.2) is 12.7 Å². The van der Waals surface area contributed by atoms with Crippen molar-refractivity contribution in [3.63, 3.8) is 0 Å². The summed E-state index contributed by atoms with van der Waals surface area (Å²) in [5.41, 5.74) is 0. The highest BCUT2D eigenvalue weighted by Crippen LogP contribution is 2.22. The van der Waals surface area contributed by atoms with Crippen LogP contribution in [0.15, 0.2) is 0 Å². The third-order valence-corrected chi connectivity index (χ3v) is 2.63. The molecule has 0 unspecified atom stereocenters. The van der Waals surface area contributed by atoms with Gasteiger partial charge in [-0.25, -0.2) is 0 Å². The fourth-order valence-corrected chi connectivity index (χ4v) is 1.62. The Morgan fingerprint density at radius 2 is 1.91 bits per heavy atom. The Morgan fingerprint density at radius 3 is 2.55 bits per heavy atom. The Balaban J connectivity index is 2.34. The van der Waals surface area contributed by atoms with Crippen molar-refractivity contribution in [2.24, 2.45) is 11.8 Å². The van der Waals surface area contributed by atoms with Gasteiger partial charge >= 0.3 is 0 Å². The lowest BCUT2D eigenvalue weighted by atomic mass is 9.97. The lowest BCUT2D eigenvalue weighted by molar-refractivity contribution is 0.0269. The number of hydrogen-bond acceptors (Lipinski definition) is 1. The molecule has 0 N–H and O–H groups in total. The van der Waals surface area contributed by atoms with Gasteiger partial charge in [-0.2, -0.15) is 0 Å². The standard InChI is InChI=1S/C10H20O/c1-8(2)10-5-4-9(3)6-7-11-10/h8-10H,4-7H2,1-3H3/t9-,10-/m1/s1. The van der Waals surface area contributed by atoms with Crippen molar-refractivity contribution in [1.29, 1.82) is 0 Å². The normalized spacial score (nSPS) is 33.8. The van der Waals surface area contributed by atoms with Crippen molar-refractivity contribution >= 4 is 0 Å². The molecule has 11 heavy (non-hydrogen) atoms. The minimum absolute atomic E-state index is 0.528. The van der Waals surface area contributed by atoms with Crippen molar-refractivity contribution < 1.29 is 4.74 Å². The zero-order chi connectivity index (χ0) is 8.27. The molecule has 1 heteroatoms. The highest BCUT2D eigenvalue weighted by molar-refractivity contribution is 4.68. The van der Waals surface area contributed by atoms with Gasteiger partial charge in [-0.15, -0.1) is 0 Å². The average Bonchev–Trinajstić information content (AvgIpc) is 2.13. The summed E-state index contributed by atoms with van der Waals surface area (Å²) < 4.78 is 5.73. The van der Waals surface area contributed by atoms with Crippen LogP contribution in [0.1, 0.15) is 40.0 Å². The highest BCUT2D eigenvalue weighted by atomic mass is 16.5. The summed E-state index contributed by atoms with van der Waals surface area (Å²) in [5, 5.41) is 0. The van der Waals surface area contributed by atoms with E-state index in [1.165, 1.54) is 19.3 Å². The topological polar surface area (TPSA) is 9.23 Å². The van der Waals surface area contributed by atoms with Crippen LogP contribution in [0.5, 0.6) is 0 Å². The van der Waals surface area contributed by atoms with Crippen LogP contribution in [0.4, 0.5) is 0 Å². The Kier molecular flexibility index (Phi) is 3.38. The van der Waals surface area contributed by atoms with Crippen LogP contribution < -0.4 is 0 Å². The van der Waals surface area contributed by atoms with Crippen molar-refractivity contribution in [1.82, 2.24) is 0 Å². The van der Waals surface area contributed by atoms with Gasteiger partial charge in [0.05, 0.1) is 6.10 Å². The average molecular weight is 156 g/mol. The Morgan fingerprint density at radius 1 is 1.18 bits per heavy atom. The van der Waals surface area contributed by atoms with Crippen LogP contribution >= 0.6 is 0 Å². The number of hydrogen-bond donors (Lipinski definition) is 0. The summed E-state index contributed by atoms with van der Waals surface area (Å²) in [7, 11) is 0. The predicted molar refractivity (Wildman–Crippen MR) is 47.6 cm³/mol. The molecule has 0 aliphatic carbocycles. The molecule has 1 rings (SSSR count). The maximum Gasteiger partial charge on any atom is 0.0598 e. The fourth-order valence-electron chi connectivity index (χ4n) is 1.62. The van der Waals surface area contributed by atoms with E-state index in [-0.39, 0.29) is 0 Å². The molecule has 0 amide bonds. The van der Waals surface area contributed by atoms with Crippen LogP contribution in [-0.2, 0) is 4.74 Å². The van der Waals surface area contributed by atoms with Gasteiger partial charge in [0.1, 0.15) is 0 Å². The van der Waals surface area contributed by atoms with Crippen LogP contribution in [0, 0.1) is 11.8 Å². The van der Waals surface area contributed by atoms with E-state index >= 15 is 0 Å². The fraction of sp³-hybridized carbons (Fsp3) is 1.00. The van der Waals surface area contributed by atoms with Crippen molar-refractivity contribution in [2.75, 3.05) is 6.61 Å². The summed E-state index contributed by atoms with van der Waals surface area (Å²) in [5.74, 6) is 1.57. The summed E-state index contributed by atoms with van der Waals surface area (Å²) in [6.07, 6.45) is 4.39. The van der Waals surface area contributed by atoms with E-state index in [4.69, 9.17) is 4.74 Å². The monoisotopic (exact) mass is 156 g/mol. The van der Waals surface area contributed by atoms with Gasteiger partial charge in [-0.1, -0.05) is 20.8 Å². The number of rotatable bonds is 1. The van der Waals surface area contributed by atoms with Gasteiger partial charge in [0.15, 0.2) is 0 Å². The lowest BCUT2D eigenvalue weighted by Crippen LogP contribution is -2.18. The zero-order valence-electron chi connectivity index (χ0n) is 7.97. The third-order valence-electron chi connectivity index (χ3n) is 2.63. The molecule has 66 valence electrons. The summed E-state index contributed by atoms with van der Waals surface area (Å²) in [6.45, 7) is 7.80. The van der Waals surface area contributed by atoms with Crippen LogP contribution in [0.25, 0.3) is 0 Å². The molecule has 1 heterocycles. The smallest absolute Gasteiger partial charge is 0.0598 e. The van der Waals surface area contributed by atoms with Crippen LogP contribution in [0.2, 0.25) is 0 Å². The summed E-state index contributed by atoms with van der Waals surface area (Å²) >= 11 is 0. The Bertz CT molecular complexity index is 109. The molecule has 1 saturated heterocycles. The molecule has 0 bridgehead atoms. The van der Waals surface area contributed by atoms with E-state index in [9.17, 15) is 0 Å². The first-order valence-electron chi connectivity index (χ1n) is 4.81. The zero-order valence-corrected chi connectivity index (χ0v) is 7.97. The molecular weight excluding hydrogens is 136 g/mol. The van der Waals surface area contributed by atoms with Gasteiger partial charge in [0.2, 0.25) is 0 Å². The van der Waals surface area contributed by atoms with Gasteiger partial charge in [-0.05, 0) is 31.1 Å². The number of ether oxygens (including phenoxy) is 1. The van der Waals surface area contributed by atoms with Crippen LogP contribution in [0.3, 0.4) is 0 Å². The van der Waals surface area contributed by atoms with Gasteiger partial charge in [0.25, 0.3) is 0 Å². The quantitative estimate of drug-likeness (QED) is 0.567. The van der Waals surface area contributed by atoms with E-state index in [0.29, 0.717) is 12.0 Å². The van der Waals surface area contributed by atoms with Gasteiger partial charge < -0.3 is 4.74 Å². The second-order valence-corrected chi connectivity index (χ2v) is 4.12. The summed E-state index contributed by atoms with van der Waals surface area (Å²) in [4.78, 5) is 0. The lowest BCUT2D eigenvalue weighted by Gasteiger charge is -2.18. The largest absolute Gasteiger partial charge is 0.378 e. The first-order valence-corrected chi connectivity index (χ1v) is 4.81. The minimum atomic E-state index is 0.528. The third kappa shape index (κ3) is 2.82. The molecule has 1 fully saturated rings. The van der Waals surface area contributed by atoms with Crippen molar-refractivity contribution in [3.05, 3.63) is 0 Å². The van der Waals surface area contributed by atoms with E-state index in [2.05, 4.69) is 20.8 Å². The Labute approximate surface area is 70.1 Å². The second kappa shape index (κ2) is 4.10. The maximum absolute atomic E-state index is 5.73. The Hall–Kier alpha value is -0.0400. The van der Waals surface area contributed by atoms with Crippen molar-refractivity contribution in [3.8, 4) is 0 Å². The van der Waals surface area contributed by atoms with Gasteiger partial charge in [-0.3, -0.25) is 0 Å². The molecule has 1 aliphatic rings. The van der Waals surface area contributed by atoms with E-state index < -0.39 is 0 Å². The highest BCUT2D eigenvalue weighted by Gasteiger charge is 2.18. The predicted octanol–water partition coefficient (Wildman–Crippen LogP) is 2.85. The molecule has 0 spiro atoms. The molecule has 0 aromatic heterocycles. The van der Waals surface area contributed by atoms with Gasteiger partial charge in [0, 0.05) is 6.61 Å². The molecular formula is C10H20O. The molecule has 0 saturated carbocycles. The minimum Gasteiger partial charge on any atom is -0.378 e. The van der Waals surface area contributed by atoms with Crippen molar-refractivity contribution in [2.45, 2.75) is 46.1 Å². The molecule has 1 aliphatic heterocycles. The second-order valence-electron chi connectivity index (χ2n) is 4.12. The van der Waals surface area contributed by atoms with E-state index in [1.807, 2.05) is 0 Å². The maximum atomic E-state index is 5.73. The molecule has 0 aromatic rings. The summed E-state index contributed by atoms with van der Waals surface area (Å²) in [6, 6.07) is 0. The first-order chi connectivity index (χ1) is 5.20. The molecule has 0 radical (unpaired) electrons. The molecule has 2 atom stereocenters. The molecule has 0 aromatic carbocycles.